The van der Waals surface area contributed by atoms with Crippen LogP contribution in [-0.4, -0.2) is 33.4 Å². The van der Waals surface area contributed by atoms with Crippen molar-refractivity contribution in [3.05, 3.63) is 46.7 Å². The zero-order valence-electron chi connectivity index (χ0n) is 12.9. The van der Waals surface area contributed by atoms with Crippen LogP contribution in [0.25, 0.3) is 0 Å². The van der Waals surface area contributed by atoms with E-state index >= 15 is 0 Å². The molecule has 1 aromatic heterocycles. The van der Waals surface area contributed by atoms with E-state index in [4.69, 9.17) is 4.74 Å². The summed E-state index contributed by atoms with van der Waals surface area (Å²) in [6, 6.07) is 7.86. The van der Waals surface area contributed by atoms with Gasteiger partial charge in [0.25, 0.3) is 0 Å². The van der Waals surface area contributed by atoms with Crippen LogP contribution in [0, 0.1) is 0 Å². The van der Waals surface area contributed by atoms with Crippen LogP contribution in [0.1, 0.15) is 18.6 Å². The van der Waals surface area contributed by atoms with Crippen molar-refractivity contribution < 1.29 is 21.9 Å². The van der Waals surface area contributed by atoms with Crippen molar-refractivity contribution in [3.8, 4) is 0 Å². The van der Waals surface area contributed by atoms with Crippen LogP contribution in [0.2, 0.25) is 0 Å². The highest BCUT2D eigenvalue weighted by atomic mass is 32.2. The van der Waals surface area contributed by atoms with Crippen molar-refractivity contribution >= 4 is 26.9 Å². The Morgan fingerprint density at radius 1 is 1.25 bits per heavy atom. The van der Waals surface area contributed by atoms with E-state index in [1.165, 1.54) is 12.1 Å². The van der Waals surface area contributed by atoms with Gasteiger partial charge in [0.1, 0.15) is 6.10 Å². The third-order valence-corrected chi connectivity index (χ3v) is 6.05. The van der Waals surface area contributed by atoms with Crippen LogP contribution in [0.4, 0.5) is 14.5 Å². The van der Waals surface area contributed by atoms with Crippen LogP contribution in [-0.2, 0) is 14.6 Å². The Balaban J connectivity index is 1.97. The molecule has 2 atom stereocenters. The summed E-state index contributed by atoms with van der Waals surface area (Å²) in [5.41, 5.74) is 1.30. The molecule has 3 rings (SSSR count). The number of sulfone groups is 1. The summed E-state index contributed by atoms with van der Waals surface area (Å²) in [7, 11) is -4.66. The third-order valence-electron chi connectivity index (χ3n) is 3.92. The summed E-state index contributed by atoms with van der Waals surface area (Å²) in [6.45, 7) is 2.74. The molecule has 1 aliphatic rings. The molecule has 0 spiro atoms. The highest BCUT2D eigenvalue weighted by molar-refractivity contribution is 7.91. The highest BCUT2D eigenvalue weighted by Crippen LogP contribution is 2.34. The number of alkyl halides is 2. The number of hydrogen-bond acceptors (Lipinski definition) is 5. The molecular formula is C16H17F2NO3S2. The van der Waals surface area contributed by atoms with E-state index < -0.39 is 15.6 Å². The second-order valence-electron chi connectivity index (χ2n) is 5.67. The Morgan fingerprint density at radius 2 is 2.00 bits per heavy atom. The van der Waals surface area contributed by atoms with Crippen LogP contribution in [0.3, 0.4) is 0 Å². The molecule has 0 saturated carbocycles. The van der Waals surface area contributed by atoms with Crippen molar-refractivity contribution in [2.24, 2.45) is 0 Å². The van der Waals surface area contributed by atoms with Gasteiger partial charge >= 0.3 is 5.76 Å². The van der Waals surface area contributed by atoms with E-state index in [0.29, 0.717) is 18.8 Å². The number of thiophene rings is 1. The van der Waals surface area contributed by atoms with E-state index in [1.807, 2.05) is 28.7 Å². The molecule has 2 heterocycles. The first kappa shape index (κ1) is 17.3. The molecule has 0 N–H and O–H groups in total. The number of morpholine rings is 1. The van der Waals surface area contributed by atoms with Gasteiger partial charge in [0, 0.05) is 13.1 Å². The van der Waals surface area contributed by atoms with Gasteiger partial charge in [-0.05, 0) is 41.4 Å². The Bertz CT molecular complexity index is 793. The Kier molecular flexibility index (Phi) is 4.89. The SMILES string of the molecule is CC1CN(c2ccccc2S(=O)(=O)C(F)F)CC(c2ccsc2)O1. The molecule has 130 valence electrons. The summed E-state index contributed by atoms with van der Waals surface area (Å²) < 4.78 is 55.9. The molecule has 8 heteroatoms. The smallest absolute Gasteiger partial charge is 0.341 e. The molecule has 0 amide bonds. The second kappa shape index (κ2) is 6.78. The average Bonchev–Trinajstić information content (AvgIpc) is 3.08. The summed E-state index contributed by atoms with van der Waals surface area (Å²) in [4.78, 5) is 1.48. The van der Waals surface area contributed by atoms with Crippen LogP contribution < -0.4 is 4.90 Å². The fraction of sp³-hybridized carbons (Fsp3) is 0.375. The monoisotopic (exact) mass is 373 g/mol. The molecule has 1 fully saturated rings. The zero-order chi connectivity index (χ0) is 17.3. The van der Waals surface area contributed by atoms with Gasteiger partial charge in [0.2, 0.25) is 9.84 Å². The minimum atomic E-state index is -4.66. The zero-order valence-corrected chi connectivity index (χ0v) is 14.6. The largest absolute Gasteiger partial charge is 0.367 e. The average molecular weight is 373 g/mol. The van der Waals surface area contributed by atoms with Crippen LogP contribution in [0.5, 0.6) is 0 Å². The fourth-order valence-electron chi connectivity index (χ4n) is 2.85. The van der Waals surface area contributed by atoms with E-state index in [9.17, 15) is 17.2 Å². The molecule has 0 aliphatic carbocycles. The van der Waals surface area contributed by atoms with Gasteiger partial charge in [-0.2, -0.15) is 20.1 Å². The first-order valence-corrected chi connectivity index (χ1v) is 9.92. The van der Waals surface area contributed by atoms with Gasteiger partial charge < -0.3 is 9.64 Å². The lowest BCUT2D eigenvalue weighted by molar-refractivity contribution is -0.0173. The summed E-state index contributed by atoms with van der Waals surface area (Å²) in [5, 5.41) is 3.92. The van der Waals surface area contributed by atoms with E-state index in [-0.39, 0.29) is 17.1 Å². The molecule has 1 aromatic carbocycles. The quantitative estimate of drug-likeness (QED) is 0.820. The normalized spacial score (nSPS) is 22.1. The van der Waals surface area contributed by atoms with Crippen LogP contribution in [0.15, 0.2) is 46.0 Å². The van der Waals surface area contributed by atoms with Crippen molar-refractivity contribution in [1.82, 2.24) is 0 Å². The Hall–Kier alpha value is -1.51. The summed E-state index contributed by atoms with van der Waals surface area (Å²) >= 11 is 1.55. The summed E-state index contributed by atoms with van der Waals surface area (Å²) in [5.74, 6) is -3.44. The molecule has 0 radical (unpaired) electrons. The lowest BCUT2D eigenvalue weighted by atomic mass is 10.1. The fourth-order valence-corrected chi connectivity index (χ4v) is 4.50. The van der Waals surface area contributed by atoms with E-state index in [1.54, 1.807) is 23.5 Å². The van der Waals surface area contributed by atoms with Crippen molar-refractivity contribution in [3.63, 3.8) is 0 Å². The maximum Gasteiger partial charge on any atom is 0.341 e. The number of hydrogen-bond donors (Lipinski definition) is 0. The number of anilines is 1. The molecule has 2 aromatic rings. The first-order valence-electron chi connectivity index (χ1n) is 7.43. The maximum atomic E-state index is 13.0. The summed E-state index contributed by atoms with van der Waals surface area (Å²) in [6.07, 6.45) is -0.367. The highest BCUT2D eigenvalue weighted by Gasteiger charge is 2.33. The molecule has 4 nitrogen and oxygen atoms in total. The maximum absolute atomic E-state index is 13.0. The van der Waals surface area contributed by atoms with E-state index in [0.717, 1.165) is 5.56 Å². The van der Waals surface area contributed by atoms with Crippen molar-refractivity contribution in [2.45, 2.75) is 29.8 Å². The molecule has 24 heavy (non-hydrogen) atoms. The molecule has 0 bridgehead atoms. The molecular weight excluding hydrogens is 356 g/mol. The van der Waals surface area contributed by atoms with Gasteiger partial charge in [-0.25, -0.2) is 8.42 Å². The van der Waals surface area contributed by atoms with Crippen LogP contribution >= 0.6 is 11.3 Å². The molecule has 1 saturated heterocycles. The number of ether oxygens (including phenoxy) is 1. The second-order valence-corrected chi connectivity index (χ2v) is 8.34. The van der Waals surface area contributed by atoms with E-state index in [2.05, 4.69) is 0 Å². The lowest BCUT2D eigenvalue weighted by Crippen LogP contribution is -2.43. The molecule has 2 unspecified atom stereocenters. The van der Waals surface area contributed by atoms with Gasteiger partial charge in [0.05, 0.1) is 16.7 Å². The predicted octanol–water partition coefficient (Wildman–Crippen LogP) is 3.71. The minimum absolute atomic E-state index is 0.147. The Labute approximate surface area is 143 Å². The number of halogens is 2. The lowest BCUT2D eigenvalue weighted by Gasteiger charge is -2.38. The third kappa shape index (κ3) is 3.31. The van der Waals surface area contributed by atoms with Crippen molar-refractivity contribution in [2.75, 3.05) is 18.0 Å². The minimum Gasteiger partial charge on any atom is -0.367 e. The number of rotatable bonds is 4. The Morgan fingerprint density at radius 3 is 2.67 bits per heavy atom. The topological polar surface area (TPSA) is 46.6 Å². The standard InChI is InChI=1S/C16H17F2NO3S2/c1-11-8-19(9-14(22-11)12-6-7-23-10-12)13-4-2-3-5-15(13)24(20,21)16(17)18/h2-7,10-11,14,16H,8-9H2,1H3. The number of benzene rings is 1. The van der Waals surface area contributed by atoms with Gasteiger partial charge in [-0.15, -0.1) is 0 Å². The molecule has 1 aliphatic heterocycles. The number of nitrogens with zero attached hydrogens (tertiary/aromatic N) is 1. The van der Waals surface area contributed by atoms with Gasteiger partial charge in [-0.1, -0.05) is 12.1 Å². The van der Waals surface area contributed by atoms with Gasteiger partial charge in [0.15, 0.2) is 0 Å². The van der Waals surface area contributed by atoms with Crippen molar-refractivity contribution in [1.29, 1.82) is 0 Å². The van der Waals surface area contributed by atoms with Gasteiger partial charge in [-0.3, -0.25) is 0 Å². The predicted molar refractivity (Wildman–Crippen MR) is 89.5 cm³/mol. The first-order chi connectivity index (χ1) is 11.4. The number of para-hydroxylation sites is 1.